The maximum absolute atomic E-state index is 11.9. The molecule has 0 heterocycles. The van der Waals surface area contributed by atoms with Crippen molar-refractivity contribution in [2.45, 2.75) is 5.38 Å². The van der Waals surface area contributed by atoms with E-state index in [0.717, 1.165) is 16.9 Å². The molecule has 2 aromatic rings. The fourth-order valence-electron chi connectivity index (χ4n) is 2.04. The minimum Gasteiger partial charge on any atom is -0.497 e. The molecule has 0 saturated carbocycles. The number of halogens is 1. The van der Waals surface area contributed by atoms with Gasteiger partial charge >= 0.3 is 0 Å². The van der Waals surface area contributed by atoms with Crippen molar-refractivity contribution in [1.82, 2.24) is 4.90 Å². The van der Waals surface area contributed by atoms with Crippen LogP contribution in [0.2, 0.25) is 0 Å². The summed E-state index contributed by atoms with van der Waals surface area (Å²) in [6.07, 6.45) is 0. The van der Waals surface area contributed by atoms with Crippen molar-refractivity contribution in [3.63, 3.8) is 0 Å². The van der Waals surface area contributed by atoms with E-state index in [0.29, 0.717) is 5.56 Å². The Morgan fingerprint density at radius 2 is 1.76 bits per heavy atom. The van der Waals surface area contributed by atoms with Gasteiger partial charge in [-0.15, -0.1) is 11.6 Å². The molecular weight excluding hydrogens is 286 g/mol. The van der Waals surface area contributed by atoms with Crippen LogP contribution >= 0.6 is 11.6 Å². The second-order valence-electron chi connectivity index (χ2n) is 4.96. The lowest BCUT2D eigenvalue weighted by Crippen LogP contribution is -2.21. The average Bonchev–Trinajstić information content (AvgIpc) is 2.53. The summed E-state index contributed by atoms with van der Waals surface area (Å²) in [5.41, 5.74) is 2.56. The van der Waals surface area contributed by atoms with Crippen molar-refractivity contribution in [2.75, 3.05) is 21.2 Å². The van der Waals surface area contributed by atoms with Crippen LogP contribution in [0.15, 0.2) is 48.5 Å². The van der Waals surface area contributed by atoms with E-state index in [-0.39, 0.29) is 11.3 Å². The van der Waals surface area contributed by atoms with E-state index in [2.05, 4.69) is 0 Å². The Kier molecular flexibility index (Phi) is 4.86. The molecule has 0 spiro atoms. The Hall–Kier alpha value is -2.00. The topological polar surface area (TPSA) is 29.5 Å². The first kappa shape index (κ1) is 15.4. The molecule has 21 heavy (non-hydrogen) atoms. The van der Waals surface area contributed by atoms with Crippen molar-refractivity contribution in [1.29, 1.82) is 0 Å². The Morgan fingerprint density at radius 3 is 2.33 bits per heavy atom. The van der Waals surface area contributed by atoms with Crippen molar-refractivity contribution in [2.24, 2.45) is 0 Å². The lowest BCUT2D eigenvalue weighted by molar-refractivity contribution is 0.0827. The van der Waals surface area contributed by atoms with Crippen LogP contribution in [0.4, 0.5) is 0 Å². The summed E-state index contributed by atoms with van der Waals surface area (Å²) < 4.78 is 5.21. The van der Waals surface area contributed by atoms with Crippen LogP contribution in [-0.2, 0) is 0 Å². The number of hydrogen-bond acceptors (Lipinski definition) is 2. The zero-order valence-electron chi connectivity index (χ0n) is 12.3. The molecule has 0 N–H and O–H groups in total. The Labute approximate surface area is 130 Å². The molecule has 0 aliphatic heterocycles. The van der Waals surface area contributed by atoms with Gasteiger partial charge in [0.1, 0.15) is 5.75 Å². The largest absolute Gasteiger partial charge is 0.497 e. The molecule has 0 fully saturated rings. The lowest BCUT2D eigenvalue weighted by Gasteiger charge is -2.13. The molecule has 2 rings (SSSR count). The van der Waals surface area contributed by atoms with Crippen LogP contribution in [0.25, 0.3) is 0 Å². The van der Waals surface area contributed by atoms with E-state index >= 15 is 0 Å². The second kappa shape index (κ2) is 6.64. The third-order valence-corrected chi connectivity index (χ3v) is 3.75. The van der Waals surface area contributed by atoms with E-state index in [9.17, 15) is 4.79 Å². The summed E-state index contributed by atoms with van der Waals surface area (Å²) in [6.45, 7) is 0. The number of carbonyl (C=O) groups excluding carboxylic acids is 1. The SMILES string of the molecule is COc1cccc(C(Cl)c2ccc(C(=O)N(C)C)cc2)c1. The average molecular weight is 304 g/mol. The molecule has 0 bridgehead atoms. The molecule has 1 unspecified atom stereocenters. The van der Waals surface area contributed by atoms with Gasteiger partial charge in [-0.3, -0.25) is 4.79 Å². The lowest BCUT2D eigenvalue weighted by atomic mass is 10.0. The van der Waals surface area contributed by atoms with Gasteiger partial charge in [-0.1, -0.05) is 24.3 Å². The first-order valence-electron chi connectivity index (χ1n) is 6.62. The predicted octanol–water partition coefficient (Wildman–Crippen LogP) is 3.73. The number of benzene rings is 2. The van der Waals surface area contributed by atoms with Crippen LogP contribution in [-0.4, -0.2) is 32.0 Å². The van der Waals surface area contributed by atoms with Gasteiger partial charge in [-0.25, -0.2) is 0 Å². The van der Waals surface area contributed by atoms with Gasteiger partial charge in [0.05, 0.1) is 12.5 Å². The number of hydrogen-bond donors (Lipinski definition) is 0. The normalized spacial score (nSPS) is 11.8. The van der Waals surface area contributed by atoms with Crippen LogP contribution in [0.1, 0.15) is 26.9 Å². The van der Waals surface area contributed by atoms with Crippen LogP contribution in [0.3, 0.4) is 0 Å². The highest BCUT2D eigenvalue weighted by Crippen LogP contribution is 2.30. The van der Waals surface area contributed by atoms with Crippen molar-refractivity contribution in [3.05, 3.63) is 65.2 Å². The van der Waals surface area contributed by atoms with Gasteiger partial charge in [0, 0.05) is 19.7 Å². The summed E-state index contributed by atoms with van der Waals surface area (Å²) >= 11 is 6.50. The molecule has 0 saturated heterocycles. The molecular formula is C17H18ClNO2. The summed E-state index contributed by atoms with van der Waals surface area (Å²) in [5, 5.41) is -0.274. The van der Waals surface area contributed by atoms with Gasteiger partial charge in [0.15, 0.2) is 0 Å². The Bertz CT molecular complexity index is 623. The summed E-state index contributed by atoms with van der Waals surface area (Å²) in [6, 6.07) is 15.0. The fraction of sp³-hybridized carbons (Fsp3) is 0.235. The van der Waals surface area contributed by atoms with E-state index in [4.69, 9.17) is 16.3 Å². The quantitative estimate of drug-likeness (QED) is 0.806. The first-order valence-corrected chi connectivity index (χ1v) is 7.06. The number of carbonyl (C=O) groups is 1. The van der Waals surface area contributed by atoms with Gasteiger partial charge in [0.25, 0.3) is 5.91 Å². The zero-order chi connectivity index (χ0) is 15.4. The first-order chi connectivity index (χ1) is 10.0. The smallest absolute Gasteiger partial charge is 0.253 e. The minimum atomic E-state index is -0.274. The number of nitrogens with zero attached hydrogens (tertiary/aromatic N) is 1. The molecule has 0 aliphatic rings. The van der Waals surface area contributed by atoms with Gasteiger partial charge in [0.2, 0.25) is 0 Å². The molecule has 4 heteroatoms. The molecule has 110 valence electrons. The Balaban J connectivity index is 2.23. The molecule has 0 aromatic heterocycles. The highest BCUT2D eigenvalue weighted by molar-refractivity contribution is 6.22. The highest BCUT2D eigenvalue weighted by atomic mass is 35.5. The second-order valence-corrected chi connectivity index (χ2v) is 5.40. The summed E-state index contributed by atoms with van der Waals surface area (Å²) in [5.74, 6) is 0.756. The van der Waals surface area contributed by atoms with E-state index in [1.807, 2.05) is 36.4 Å². The van der Waals surface area contributed by atoms with Crippen LogP contribution in [0.5, 0.6) is 5.75 Å². The highest BCUT2D eigenvalue weighted by Gasteiger charge is 2.13. The maximum atomic E-state index is 11.9. The van der Waals surface area contributed by atoms with Crippen molar-refractivity contribution >= 4 is 17.5 Å². The van der Waals surface area contributed by atoms with Gasteiger partial charge in [-0.2, -0.15) is 0 Å². The molecule has 0 aliphatic carbocycles. The number of methoxy groups -OCH3 is 1. The number of alkyl halides is 1. The molecule has 1 amide bonds. The summed E-state index contributed by atoms with van der Waals surface area (Å²) in [4.78, 5) is 13.4. The summed E-state index contributed by atoms with van der Waals surface area (Å²) in [7, 11) is 5.09. The van der Waals surface area contributed by atoms with Gasteiger partial charge < -0.3 is 9.64 Å². The van der Waals surface area contributed by atoms with E-state index in [1.165, 1.54) is 0 Å². The Morgan fingerprint density at radius 1 is 1.10 bits per heavy atom. The monoisotopic (exact) mass is 303 g/mol. The van der Waals surface area contributed by atoms with Crippen LogP contribution < -0.4 is 4.74 Å². The third kappa shape index (κ3) is 3.56. The molecule has 3 nitrogen and oxygen atoms in total. The van der Waals surface area contributed by atoms with Crippen LogP contribution in [0, 0.1) is 0 Å². The molecule has 1 atom stereocenters. The van der Waals surface area contributed by atoms with E-state index < -0.39 is 0 Å². The standard InChI is InChI=1S/C17H18ClNO2/c1-19(2)17(20)13-9-7-12(8-10-13)16(18)14-5-4-6-15(11-14)21-3/h4-11,16H,1-3H3. The third-order valence-electron chi connectivity index (χ3n) is 3.24. The predicted molar refractivity (Wildman–Crippen MR) is 85.1 cm³/mol. The fourth-order valence-corrected chi connectivity index (χ4v) is 2.33. The van der Waals surface area contributed by atoms with E-state index in [1.54, 1.807) is 38.2 Å². The number of amides is 1. The van der Waals surface area contributed by atoms with Gasteiger partial charge in [-0.05, 0) is 35.4 Å². The number of ether oxygens (including phenoxy) is 1. The minimum absolute atomic E-state index is 0.0194. The zero-order valence-corrected chi connectivity index (χ0v) is 13.1. The molecule has 0 radical (unpaired) electrons. The number of rotatable bonds is 4. The van der Waals surface area contributed by atoms with Crippen molar-refractivity contribution < 1.29 is 9.53 Å². The van der Waals surface area contributed by atoms with Crippen molar-refractivity contribution in [3.8, 4) is 5.75 Å². The molecule has 2 aromatic carbocycles. The maximum Gasteiger partial charge on any atom is 0.253 e.